The molecule has 0 fully saturated rings. The largest absolute Gasteiger partial charge is 0.453 e. The minimum Gasteiger partial charge on any atom is -0.453 e. The lowest BCUT2D eigenvalue weighted by Crippen LogP contribution is -2.15. The lowest BCUT2D eigenvalue weighted by Gasteiger charge is -2.06. The summed E-state index contributed by atoms with van der Waals surface area (Å²) in [6, 6.07) is 11.0. The zero-order chi connectivity index (χ0) is 16.4. The smallest absolute Gasteiger partial charge is 0.359 e. The predicted octanol–water partition coefficient (Wildman–Crippen LogP) is 2.99. The molecule has 3 aromatic rings. The lowest BCUT2D eigenvalue weighted by atomic mass is 10.0. The first-order valence-electron chi connectivity index (χ1n) is 7.26. The molecule has 5 heteroatoms. The molecule has 0 bridgehead atoms. The van der Waals surface area contributed by atoms with Crippen LogP contribution < -0.4 is 0 Å². The summed E-state index contributed by atoms with van der Waals surface area (Å²) in [6.07, 6.45) is 3.37. The van der Waals surface area contributed by atoms with Crippen LogP contribution in [0.1, 0.15) is 32.0 Å². The number of pyridine rings is 1. The standard InChI is InChI=1S/C18H16N2O3/c1-12-6-7-14(13(2)9-12)16(21)11-23-18(22)15-10-20-8-4-3-5-17(20)19-15/h3-10H,11H2,1-2H3. The van der Waals surface area contributed by atoms with E-state index in [0.717, 1.165) is 11.1 Å². The van der Waals surface area contributed by atoms with Gasteiger partial charge in [-0.2, -0.15) is 0 Å². The number of benzene rings is 1. The van der Waals surface area contributed by atoms with Gasteiger partial charge in [-0.1, -0.05) is 29.8 Å². The molecule has 0 saturated heterocycles. The molecule has 0 saturated carbocycles. The van der Waals surface area contributed by atoms with Crippen molar-refractivity contribution in [1.29, 1.82) is 0 Å². The highest BCUT2D eigenvalue weighted by atomic mass is 16.5. The van der Waals surface area contributed by atoms with Crippen molar-refractivity contribution < 1.29 is 14.3 Å². The van der Waals surface area contributed by atoms with Crippen LogP contribution >= 0.6 is 0 Å². The number of fused-ring (bicyclic) bond motifs is 1. The summed E-state index contributed by atoms with van der Waals surface area (Å²) in [5.74, 6) is -0.827. The van der Waals surface area contributed by atoms with Crippen LogP contribution in [0.25, 0.3) is 5.65 Å². The molecule has 116 valence electrons. The van der Waals surface area contributed by atoms with Gasteiger partial charge in [-0.25, -0.2) is 9.78 Å². The fraction of sp³-hybridized carbons (Fsp3) is 0.167. The van der Waals surface area contributed by atoms with E-state index in [1.807, 2.05) is 38.1 Å². The zero-order valence-electron chi connectivity index (χ0n) is 12.9. The Morgan fingerprint density at radius 3 is 2.74 bits per heavy atom. The van der Waals surface area contributed by atoms with Crippen LogP contribution in [0.5, 0.6) is 0 Å². The van der Waals surface area contributed by atoms with E-state index in [4.69, 9.17) is 4.74 Å². The van der Waals surface area contributed by atoms with E-state index in [0.29, 0.717) is 11.2 Å². The topological polar surface area (TPSA) is 60.7 Å². The molecule has 0 aliphatic rings. The second-order valence-electron chi connectivity index (χ2n) is 5.41. The number of hydrogen-bond donors (Lipinski definition) is 0. The van der Waals surface area contributed by atoms with Gasteiger partial charge in [0.25, 0.3) is 0 Å². The van der Waals surface area contributed by atoms with Gasteiger partial charge in [0.1, 0.15) is 5.65 Å². The second kappa shape index (κ2) is 6.04. The Hall–Kier alpha value is -2.95. The number of carbonyl (C=O) groups is 2. The monoisotopic (exact) mass is 308 g/mol. The molecule has 0 spiro atoms. The van der Waals surface area contributed by atoms with Gasteiger partial charge in [-0.3, -0.25) is 4.79 Å². The van der Waals surface area contributed by atoms with Crippen molar-refractivity contribution in [2.45, 2.75) is 13.8 Å². The third-order valence-corrected chi connectivity index (χ3v) is 3.59. The molecule has 0 N–H and O–H groups in total. The summed E-state index contributed by atoms with van der Waals surface area (Å²) in [6.45, 7) is 3.53. The molecule has 23 heavy (non-hydrogen) atoms. The first-order chi connectivity index (χ1) is 11.0. The zero-order valence-corrected chi connectivity index (χ0v) is 12.9. The number of ether oxygens (including phenoxy) is 1. The number of imidazole rings is 1. The molecular weight excluding hydrogens is 292 g/mol. The van der Waals surface area contributed by atoms with E-state index in [9.17, 15) is 9.59 Å². The Kier molecular flexibility index (Phi) is 3.93. The van der Waals surface area contributed by atoms with E-state index in [1.54, 1.807) is 28.9 Å². The summed E-state index contributed by atoms with van der Waals surface area (Å²) in [4.78, 5) is 28.4. The second-order valence-corrected chi connectivity index (χ2v) is 5.41. The number of esters is 1. The minimum absolute atomic E-state index is 0.185. The Balaban J connectivity index is 1.69. The fourth-order valence-electron chi connectivity index (χ4n) is 2.44. The molecule has 0 radical (unpaired) electrons. The quantitative estimate of drug-likeness (QED) is 0.549. The van der Waals surface area contributed by atoms with Gasteiger partial charge in [-0.15, -0.1) is 0 Å². The van der Waals surface area contributed by atoms with Crippen LogP contribution in [0.4, 0.5) is 0 Å². The number of rotatable bonds is 4. The number of Topliss-reactive ketones (excluding diaryl/α,β-unsaturated/α-hetero) is 1. The highest BCUT2D eigenvalue weighted by molar-refractivity contribution is 6.00. The Morgan fingerprint density at radius 2 is 2.00 bits per heavy atom. The number of aromatic nitrogens is 2. The van der Waals surface area contributed by atoms with Crippen molar-refractivity contribution in [2.75, 3.05) is 6.61 Å². The summed E-state index contributed by atoms with van der Waals surface area (Å²) >= 11 is 0. The van der Waals surface area contributed by atoms with Crippen LogP contribution in [-0.4, -0.2) is 27.7 Å². The van der Waals surface area contributed by atoms with Crippen LogP contribution in [0.15, 0.2) is 48.8 Å². The summed E-state index contributed by atoms with van der Waals surface area (Å²) < 4.78 is 6.82. The Morgan fingerprint density at radius 1 is 1.17 bits per heavy atom. The molecule has 0 aliphatic heterocycles. The molecule has 5 nitrogen and oxygen atoms in total. The summed E-state index contributed by atoms with van der Waals surface area (Å²) in [5, 5.41) is 0. The average molecular weight is 308 g/mol. The van der Waals surface area contributed by atoms with Gasteiger partial charge in [0.05, 0.1) is 0 Å². The SMILES string of the molecule is Cc1ccc(C(=O)COC(=O)c2cn3ccccc3n2)c(C)c1. The number of aryl methyl sites for hydroxylation is 2. The van der Waals surface area contributed by atoms with Crippen molar-refractivity contribution >= 4 is 17.4 Å². The average Bonchev–Trinajstić information content (AvgIpc) is 2.96. The summed E-state index contributed by atoms with van der Waals surface area (Å²) in [7, 11) is 0. The molecule has 2 aromatic heterocycles. The third kappa shape index (κ3) is 3.13. The van der Waals surface area contributed by atoms with Gasteiger partial charge >= 0.3 is 5.97 Å². The van der Waals surface area contributed by atoms with E-state index in [1.165, 1.54) is 0 Å². The molecule has 2 heterocycles. The van der Waals surface area contributed by atoms with Gasteiger partial charge in [0.2, 0.25) is 5.78 Å². The number of carbonyl (C=O) groups excluding carboxylic acids is 2. The van der Waals surface area contributed by atoms with Crippen LogP contribution in [0.3, 0.4) is 0 Å². The third-order valence-electron chi connectivity index (χ3n) is 3.59. The maximum atomic E-state index is 12.2. The van der Waals surface area contributed by atoms with Gasteiger partial charge in [0, 0.05) is 18.0 Å². The minimum atomic E-state index is -0.605. The molecule has 0 aliphatic carbocycles. The highest BCUT2D eigenvalue weighted by Gasteiger charge is 2.16. The van der Waals surface area contributed by atoms with E-state index in [2.05, 4.69) is 4.98 Å². The maximum Gasteiger partial charge on any atom is 0.359 e. The van der Waals surface area contributed by atoms with Gasteiger partial charge in [0.15, 0.2) is 12.3 Å². The molecule has 3 rings (SSSR count). The molecule has 0 amide bonds. The highest BCUT2D eigenvalue weighted by Crippen LogP contribution is 2.12. The number of ketones is 1. The van der Waals surface area contributed by atoms with Crippen molar-refractivity contribution in [3.8, 4) is 0 Å². The molecular formula is C18H16N2O3. The van der Waals surface area contributed by atoms with Gasteiger partial charge in [-0.05, 0) is 31.5 Å². The normalized spacial score (nSPS) is 10.7. The summed E-state index contributed by atoms with van der Waals surface area (Å²) in [5.41, 5.74) is 3.36. The predicted molar refractivity (Wildman–Crippen MR) is 85.7 cm³/mol. The van der Waals surface area contributed by atoms with Crippen LogP contribution in [0.2, 0.25) is 0 Å². The lowest BCUT2D eigenvalue weighted by molar-refractivity contribution is 0.0469. The van der Waals surface area contributed by atoms with Crippen LogP contribution in [0, 0.1) is 13.8 Å². The van der Waals surface area contributed by atoms with Crippen molar-refractivity contribution in [2.24, 2.45) is 0 Å². The van der Waals surface area contributed by atoms with E-state index in [-0.39, 0.29) is 18.1 Å². The van der Waals surface area contributed by atoms with Crippen molar-refractivity contribution in [3.63, 3.8) is 0 Å². The van der Waals surface area contributed by atoms with Crippen molar-refractivity contribution in [3.05, 3.63) is 71.2 Å². The molecule has 1 aromatic carbocycles. The number of hydrogen-bond acceptors (Lipinski definition) is 4. The Bertz CT molecular complexity index is 863. The molecule has 0 atom stereocenters. The molecule has 0 unspecified atom stereocenters. The fourth-order valence-corrected chi connectivity index (χ4v) is 2.44. The Labute approximate surface area is 133 Å². The maximum absolute atomic E-state index is 12.2. The number of nitrogens with zero attached hydrogens (tertiary/aromatic N) is 2. The van der Waals surface area contributed by atoms with Crippen LogP contribution in [-0.2, 0) is 4.74 Å². The van der Waals surface area contributed by atoms with Crippen molar-refractivity contribution in [1.82, 2.24) is 9.38 Å². The van der Waals surface area contributed by atoms with E-state index >= 15 is 0 Å². The first kappa shape index (κ1) is 15.0. The first-order valence-corrected chi connectivity index (χ1v) is 7.26. The van der Waals surface area contributed by atoms with E-state index < -0.39 is 5.97 Å². The van der Waals surface area contributed by atoms with Gasteiger partial charge < -0.3 is 9.14 Å².